The molecule has 1 heterocycles. The van der Waals surface area contributed by atoms with Gasteiger partial charge in [0.15, 0.2) is 6.10 Å². The lowest BCUT2D eigenvalue weighted by molar-refractivity contribution is 0.0526. The lowest BCUT2D eigenvalue weighted by Gasteiger charge is -2.12. The molecule has 0 radical (unpaired) electrons. The van der Waals surface area contributed by atoms with Crippen molar-refractivity contribution >= 4 is 11.6 Å². The van der Waals surface area contributed by atoms with Crippen molar-refractivity contribution < 1.29 is 10.2 Å². The number of hydrogen-bond donors (Lipinski definition) is 2. The SMILES string of the molecule is N#CC(O)C(O)c1cnccc1Cl. The molecular weight excluding hydrogens is 192 g/mol. The molecule has 0 aliphatic heterocycles. The standard InChI is InChI=1S/C8H7ClN2O2/c9-6-1-2-11-4-5(6)8(13)7(12)3-10/h1-2,4,7-8,12-13H. The van der Waals surface area contributed by atoms with E-state index in [-0.39, 0.29) is 10.6 Å². The van der Waals surface area contributed by atoms with E-state index in [0.717, 1.165) is 0 Å². The summed E-state index contributed by atoms with van der Waals surface area (Å²) in [5.74, 6) is 0. The number of hydrogen-bond acceptors (Lipinski definition) is 4. The third-order valence-corrected chi connectivity index (χ3v) is 1.89. The molecule has 1 rings (SSSR count). The van der Waals surface area contributed by atoms with Gasteiger partial charge in [-0.25, -0.2) is 0 Å². The predicted molar refractivity (Wildman–Crippen MR) is 45.8 cm³/mol. The Bertz CT molecular complexity index is 337. The van der Waals surface area contributed by atoms with Gasteiger partial charge in [-0.1, -0.05) is 11.6 Å². The van der Waals surface area contributed by atoms with Crippen LogP contribution >= 0.6 is 11.6 Å². The predicted octanol–water partition coefficient (Wildman–Crippen LogP) is 0.653. The minimum absolute atomic E-state index is 0.248. The summed E-state index contributed by atoms with van der Waals surface area (Å²) in [6.45, 7) is 0. The maximum atomic E-state index is 9.37. The number of aliphatic hydroxyl groups is 2. The average molecular weight is 199 g/mol. The highest BCUT2D eigenvalue weighted by Crippen LogP contribution is 2.23. The molecule has 0 aliphatic carbocycles. The molecule has 0 aromatic carbocycles. The summed E-state index contributed by atoms with van der Waals surface area (Å²) in [4.78, 5) is 3.72. The fourth-order valence-corrected chi connectivity index (χ4v) is 1.06. The molecule has 2 atom stereocenters. The highest BCUT2D eigenvalue weighted by atomic mass is 35.5. The van der Waals surface area contributed by atoms with Crippen LogP contribution < -0.4 is 0 Å². The first-order valence-electron chi connectivity index (χ1n) is 3.52. The molecule has 0 amide bonds. The summed E-state index contributed by atoms with van der Waals surface area (Å²) in [7, 11) is 0. The van der Waals surface area contributed by atoms with E-state index in [9.17, 15) is 5.11 Å². The molecule has 4 nitrogen and oxygen atoms in total. The highest BCUT2D eigenvalue weighted by Gasteiger charge is 2.19. The summed E-state index contributed by atoms with van der Waals surface area (Å²) in [5.41, 5.74) is 0.248. The fourth-order valence-electron chi connectivity index (χ4n) is 0.848. The van der Waals surface area contributed by atoms with E-state index in [2.05, 4.69) is 4.98 Å². The van der Waals surface area contributed by atoms with E-state index in [1.807, 2.05) is 0 Å². The molecule has 2 unspecified atom stereocenters. The summed E-state index contributed by atoms with van der Waals surface area (Å²) >= 11 is 5.70. The second kappa shape index (κ2) is 4.19. The molecule has 0 aliphatic rings. The summed E-state index contributed by atoms with van der Waals surface area (Å²) in [5, 5.41) is 27.0. The van der Waals surface area contributed by atoms with Crippen molar-refractivity contribution in [1.29, 1.82) is 5.26 Å². The topological polar surface area (TPSA) is 77.1 Å². The summed E-state index contributed by atoms with van der Waals surface area (Å²) in [6.07, 6.45) is -0.0295. The number of nitriles is 1. The van der Waals surface area contributed by atoms with Gasteiger partial charge in [0, 0.05) is 23.0 Å². The van der Waals surface area contributed by atoms with Gasteiger partial charge in [0.25, 0.3) is 0 Å². The van der Waals surface area contributed by atoms with E-state index in [4.69, 9.17) is 22.0 Å². The molecule has 0 spiro atoms. The maximum absolute atomic E-state index is 9.37. The van der Waals surface area contributed by atoms with Crippen LogP contribution in [-0.2, 0) is 0 Å². The molecule has 0 saturated heterocycles. The van der Waals surface area contributed by atoms with Crippen LogP contribution in [0, 0.1) is 11.3 Å². The van der Waals surface area contributed by atoms with Gasteiger partial charge in [0.2, 0.25) is 0 Å². The first-order chi connectivity index (χ1) is 6.16. The molecule has 1 aromatic rings. The molecule has 0 bridgehead atoms. The van der Waals surface area contributed by atoms with Gasteiger partial charge in [0.1, 0.15) is 6.10 Å². The van der Waals surface area contributed by atoms with Gasteiger partial charge in [-0.05, 0) is 6.07 Å². The number of aliphatic hydroxyl groups excluding tert-OH is 2. The second-order valence-corrected chi connectivity index (χ2v) is 2.82. The molecule has 68 valence electrons. The Morgan fingerprint density at radius 2 is 2.23 bits per heavy atom. The Hall–Kier alpha value is -1.15. The van der Waals surface area contributed by atoms with E-state index in [1.54, 1.807) is 0 Å². The van der Waals surface area contributed by atoms with Crippen molar-refractivity contribution in [2.45, 2.75) is 12.2 Å². The Kier molecular flexibility index (Phi) is 3.20. The van der Waals surface area contributed by atoms with Gasteiger partial charge in [-0.3, -0.25) is 4.98 Å². The van der Waals surface area contributed by atoms with Crippen LogP contribution in [-0.4, -0.2) is 21.3 Å². The van der Waals surface area contributed by atoms with Crippen LogP contribution in [0.25, 0.3) is 0 Å². The fraction of sp³-hybridized carbons (Fsp3) is 0.250. The van der Waals surface area contributed by atoms with Crippen molar-refractivity contribution in [1.82, 2.24) is 4.98 Å². The van der Waals surface area contributed by atoms with Crippen LogP contribution in [0.3, 0.4) is 0 Å². The number of nitrogens with zero attached hydrogens (tertiary/aromatic N) is 2. The quantitative estimate of drug-likeness (QED) is 0.685. The van der Waals surface area contributed by atoms with E-state index < -0.39 is 12.2 Å². The van der Waals surface area contributed by atoms with Crippen molar-refractivity contribution in [2.24, 2.45) is 0 Å². The number of halogens is 1. The van der Waals surface area contributed by atoms with E-state index in [1.165, 1.54) is 24.5 Å². The first kappa shape index (κ1) is 9.93. The smallest absolute Gasteiger partial charge is 0.170 e. The lowest BCUT2D eigenvalue weighted by Crippen LogP contribution is -2.16. The van der Waals surface area contributed by atoms with Crippen LogP contribution in [0.15, 0.2) is 18.5 Å². The van der Waals surface area contributed by atoms with Gasteiger partial charge in [0.05, 0.1) is 6.07 Å². The zero-order valence-corrected chi connectivity index (χ0v) is 7.31. The molecule has 1 aromatic heterocycles. The number of rotatable bonds is 2. The van der Waals surface area contributed by atoms with Crippen LogP contribution in [0.2, 0.25) is 5.02 Å². The average Bonchev–Trinajstić information content (AvgIpc) is 2.16. The second-order valence-electron chi connectivity index (χ2n) is 2.42. The molecule has 13 heavy (non-hydrogen) atoms. The highest BCUT2D eigenvalue weighted by molar-refractivity contribution is 6.31. The largest absolute Gasteiger partial charge is 0.384 e. The normalized spacial score (nSPS) is 14.6. The van der Waals surface area contributed by atoms with Gasteiger partial charge >= 0.3 is 0 Å². The Labute approximate surface area is 80.0 Å². The Balaban J connectivity index is 2.96. The minimum Gasteiger partial charge on any atom is -0.384 e. The molecule has 0 fully saturated rings. The van der Waals surface area contributed by atoms with Crippen molar-refractivity contribution in [2.75, 3.05) is 0 Å². The monoisotopic (exact) mass is 198 g/mol. The zero-order chi connectivity index (χ0) is 9.84. The minimum atomic E-state index is -1.48. The number of aromatic nitrogens is 1. The van der Waals surface area contributed by atoms with Crippen molar-refractivity contribution in [3.8, 4) is 6.07 Å². The van der Waals surface area contributed by atoms with Gasteiger partial charge < -0.3 is 10.2 Å². The summed E-state index contributed by atoms with van der Waals surface area (Å²) in [6, 6.07) is 2.99. The Morgan fingerprint density at radius 3 is 2.77 bits per heavy atom. The van der Waals surface area contributed by atoms with Gasteiger partial charge in [-0.15, -0.1) is 0 Å². The van der Waals surface area contributed by atoms with Crippen LogP contribution in [0.1, 0.15) is 11.7 Å². The van der Waals surface area contributed by atoms with Crippen molar-refractivity contribution in [3.05, 3.63) is 29.0 Å². The zero-order valence-electron chi connectivity index (χ0n) is 6.55. The van der Waals surface area contributed by atoms with Crippen LogP contribution in [0.5, 0.6) is 0 Å². The molecule has 5 heteroatoms. The van der Waals surface area contributed by atoms with Crippen LogP contribution in [0.4, 0.5) is 0 Å². The third kappa shape index (κ3) is 2.16. The van der Waals surface area contributed by atoms with Crippen molar-refractivity contribution in [3.63, 3.8) is 0 Å². The number of pyridine rings is 1. The summed E-state index contributed by atoms with van der Waals surface area (Å²) < 4.78 is 0. The maximum Gasteiger partial charge on any atom is 0.170 e. The Morgan fingerprint density at radius 1 is 1.54 bits per heavy atom. The lowest BCUT2D eigenvalue weighted by atomic mass is 10.1. The van der Waals surface area contributed by atoms with Gasteiger partial charge in [-0.2, -0.15) is 5.26 Å². The van der Waals surface area contributed by atoms with E-state index >= 15 is 0 Å². The first-order valence-corrected chi connectivity index (χ1v) is 3.89. The third-order valence-electron chi connectivity index (χ3n) is 1.55. The molecule has 0 saturated carbocycles. The molecule has 2 N–H and O–H groups in total. The van der Waals surface area contributed by atoms with E-state index in [0.29, 0.717) is 0 Å². The molecular formula is C8H7ClN2O2.